The molecule has 1 aromatic rings. The highest BCUT2D eigenvalue weighted by Crippen LogP contribution is 2.79. The van der Waals surface area contributed by atoms with E-state index in [0.29, 0.717) is 73.5 Å². The van der Waals surface area contributed by atoms with Crippen molar-refractivity contribution in [2.24, 2.45) is 84.7 Å². The number of esters is 2. The second-order valence-electron chi connectivity index (χ2n) is 25.7. The zero-order valence-electron chi connectivity index (χ0n) is 41.4. The van der Waals surface area contributed by atoms with E-state index in [4.69, 9.17) is 9.47 Å². The normalized spacial score (nSPS) is 41.1. The zero-order valence-corrected chi connectivity index (χ0v) is 41.4. The Morgan fingerprint density at radius 1 is 0.662 bits per heavy atom. The van der Waals surface area contributed by atoms with Crippen molar-refractivity contribution in [1.29, 1.82) is 0 Å². The van der Waals surface area contributed by atoms with Crippen LogP contribution in [0.4, 0.5) is 0 Å². The summed E-state index contributed by atoms with van der Waals surface area (Å²) in [5, 5.41) is 19.9. The third-order valence-corrected chi connectivity index (χ3v) is 22.1. The van der Waals surface area contributed by atoms with E-state index in [1.165, 1.54) is 25.7 Å². The Hall–Kier alpha value is -2.98. The average Bonchev–Trinajstić information content (AvgIpc) is 3.90. The molecular weight excluding hydrogens is 817 g/mol. The van der Waals surface area contributed by atoms with E-state index >= 15 is 4.79 Å². The van der Waals surface area contributed by atoms with E-state index < -0.39 is 24.0 Å². The van der Waals surface area contributed by atoms with Gasteiger partial charge in [-0.3, -0.25) is 19.2 Å². The lowest BCUT2D eigenvalue weighted by molar-refractivity contribution is -0.253. The van der Waals surface area contributed by atoms with Gasteiger partial charge in [0.25, 0.3) is 0 Å². The van der Waals surface area contributed by atoms with Gasteiger partial charge in [-0.15, -0.1) is 0 Å². The van der Waals surface area contributed by atoms with Crippen LogP contribution in [0.3, 0.4) is 0 Å². The standard InChI is InChI=1S/C55H82N2O8/c1-48(2)38(44(60)64-32-35-13-11-10-12-14-35)31-39(48)45(61)65-42-19-20-52(7)40(49(42,3)4)18-21-54(9)41(52)16-15-37-43-36(50(5)23-24-50)17-22-55(43,26-25-53(37,54)8)47(63)57-29-27-56(28-30-57)46(62)51(6,33-58)34-59/h10-14,36-43,58-59H,15-34H2,1-9H3/t36-,37-,38+,39-,40+,41-,42+,43-,52+,53-,54-,55+/m1/s1. The van der Waals surface area contributed by atoms with Crippen LogP contribution in [0.15, 0.2) is 30.3 Å². The summed E-state index contributed by atoms with van der Waals surface area (Å²) in [5.74, 6) is 1.42. The number of piperazine rings is 1. The molecule has 8 fully saturated rings. The fraction of sp³-hybridized carbons (Fsp3) is 0.818. The first-order valence-electron chi connectivity index (χ1n) is 25.8. The van der Waals surface area contributed by atoms with Crippen LogP contribution >= 0.6 is 0 Å². The third-order valence-electron chi connectivity index (χ3n) is 22.1. The Labute approximate surface area is 389 Å². The molecule has 1 aromatic carbocycles. The molecule has 12 atom stereocenters. The lowest BCUT2D eigenvalue weighted by Gasteiger charge is -2.73. The van der Waals surface area contributed by atoms with Crippen molar-refractivity contribution in [2.45, 2.75) is 158 Å². The number of amides is 2. The topological polar surface area (TPSA) is 134 Å². The van der Waals surface area contributed by atoms with Crippen molar-refractivity contribution in [1.82, 2.24) is 9.80 Å². The van der Waals surface area contributed by atoms with Crippen molar-refractivity contribution in [3.8, 4) is 0 Å². The first-order chi connectivity index (χ1) is 30.6. The molecule has 0 spiro atoms. The van der Waals surface area contributed by atoms with Gasteiger partial charge in [0.1, 0.15) is 12.7 Å². The Morgan fingerprint density at radius 3 is 1.94 bits per heavy atom. The van der Waals surface area contributed by atoms with Gasteiger partial charge in [0.05, 0.1) is 35.9 Å². The summed E-state index contributed by atoms with van der Waals surface area (Å²) < 4.78 is 12.3. The van der Waals surface area contributed by atoms with Crippen LogP contribution in [0.2, 0.25) is 0 Å². The number of carbonyl (C=O) groups excluding carboxylic acids is 4. The second kappa shape index (κ2) is 16.1. The van der Waals surface area contributed by atoms with E-state index in [1.54, 1.807) is 11.8 Å². The third kappa shape index (κ3) is 7.02. The molecule has 0 radical (unpaired) electrons. The molecule has 0 unspecified atom stereocenters. The van der Waals surface area contributed by atoms with Crippen molar-refractivity contribution in [3.05, 3.63) is 35.9 Å². The molecule has 2 amide bonds. The van der Waals surface area contributed by atoms with E-state index in [2.05, 4.69) is 46.4 Å². The van der Waals surface area contributed by atoms with Crippen LogP contribution in [-0.2, 0) is 35.3 Å². The highest BCUT2D eigenvalue weighted by atomic mass is 16.5. The first kappa shape index (κ1) is 47.1. The SMILES string of the molecule is CC(CO)(CO)C(=O)N1CCN(C(=O)[C@]23CC[C@@H](C4(C)CC4)[C@@H]2[C@H]2CC[C@@H]4[C@@]5(C)CC[C@H](OC(=O)[C@H]6C[C@@H](C(=O)OCc7ccccc7)C6(C)C)C(C)(C)[C@@H]5CC[C@@]4(C)[C@]2(C)CC3)CC1. The molecule has 10 heteroatoms. The Kier molecular flexibility index (Phi) is 11.6. The van der Waals surface area contributed by atoms with E-state index in [-0.39, 0.29) is 69.5 Å². The van der Waals surface area contributed by atoms with Gasteiger partial charge in [0.15, 0.2) is 0 Å². The largest absolute Gasteiger partial charge is 0.462 e. The Morgan fingerprint density at radius 2 is 1.31 bits per heavy atom. The van der Waals surface area contributed by atoms with Crippen LogP contribution < -0.4 is 0 Å². The maximum atomic E-state index is 15.3. The molecule has 9 rings (SSSR count). The fourth-order valence-corrected chi connectivity index (χ4v) is 17.3. The number of carbonyl (C=O) groups is 4. The molecule has 7 aliphatic carbocycles. The minimum Gasteiger partial charge on any atom is -0.462 e. The molecule has 1 aliphatic heterocycles. The average molecular weight is 899 g/mol. The van der Waals surface area contributed by atoms with Gasteiger partial charge >= 0.3 is 11.9 Å². The molecule has 1 heterocycles. The molecule has 10 nitrogen and oxygen atoms in total. The van der Waals surface area contributed by atoms with Crippen molar-refractivity contribution in [3.63, 3.8) is 0 Å². The maximum Gasteiger partial charge on any atom is 0.309 e. The summed E-state index contributed by atoms with van der Waals surface area (Å²) in [4.78, 5) is 59.8. The summed E-state index contributed by atoms with van der Waals surface area (Å²) in [7, 11) is 0. The van der Waals surface area contributed by atoms with E-state index in [0.717, 1.165) is 56.9 Å². The lowest BCUT2D eigenvalue weighted by atomic mass is 9.32. The molecule has 1 saturated heterocycles. The number of nitrogens with zero attached hydrogens (tertiary/aromatic N) is 2. The highest BCUT2D eigenvalue weighted by Gasteiger charge is 2.74. The summed E-state index contributed by atoms with van der Waals surface area (Å²) >= 11 is 0. The predicted octanol–water partition coefficient (Wildman–Crippen LogP) is 8.85. The number of hydrogen-bond acceptors (Lipinski definition) is 8. The molecule has 7 saturated carbocycles. The summed E-state index contributed by atoms with van der Waals surface area (Å²) in [6.07, 6.45) is 13.5. The lowest BCUT2D eigenvalue weighted by Crippen LogP contribution is -2.68. The van der Waals surface area contributed by atoms with Crippen LogP contribution in [0.1, 0.15) is 151 Å². The predicted molar refractivity (Wildman–Crippen MR) is 248 cm³/mol. The van der Waals surface area contributed by atoms with Gasteiger partial charge < -0.3 is 29.5 Å². The minimum atomic E-state index is -1.21. The summed E-state index contributed by atoms with van der Waals surface area (Å²) in [6.45, 7) is 22.1. The quantitative estimate of drug-likeness (QED) is 0.223. The van der Waals surface area contributed by atoms with Crippen LogP contribution in [0.5, 0.6) is 0 Å². The van der Waals surface area contributed by atoms with Gasteiger partial charge in [-0.1, -0.05) is 85.7 Å². The molecule has 360 valence electrons. The summed E-state index contributed by atoms with van der Waals surface area (Å²) in [5.41, 5.74) is -0.678. The fourth-order valence-electron chi connectivity index (χ4n) is 17.3. The van der Waals surface area contributed by atoms with E-state index in [1.807, 2.05) is 44.2 Å². The van der Waals surface area contributed by atoms with Gasteiger partial charge in [0, 0.05) is 31.6 Å². The first-order valence-corrected chi connectivity index (χ1v) is 25.8. The molecule has 0 bridgehead atoms. The van der Waals surface area contributed by atoms with Gasteiger partial charge in [-0.2, -0.15) is 0 Å². The number of benzene rings is 1. The Bertz CT molecular complexity index is 2020. The molecule has 0 aromatic heterocycles. The second-order valence-corrected chi connectivity index (χ2v) is 25.7. The maximum absolute atomic E-state index is 15.3. The van der Waals surface area contributed by atoms with Gasteiger partial charge in [0.2, 0.25) is 11.8 Å². The molecule has 65 heavy (non-hydrogen) atoms. The summed E-state index contributed by atoms with van der Waals surface area (Å²) in [6, 6.07) is 9.73. The van der Waals surface area contributed by atoms with Crippen molar-refractivity contribution < 1.29 is 38.9 Å². The monoisotopic (exact) mass is 899 g/mol. The smallest absolute Gasteiger partial charge is 0.309 e. The van der Waals surface area contributed by atoms with E-state index in [9.17, 15) is 24.6 Å². The van der Waals surface area contributed by atoms with Crippen LogP contribution in [0.25, 0.3) is 0 Å². The van der Waals surface area contributed by atoms with Crippen LogP contribution in [-0.4, -0.2) is 89.3 Å². The van der Waals surface area contributed by atoms with Crippen molar-refractivity contribution >= 4 is 23.8 Å². The van der Waals surface area contributed by atoms with Crippen molar-refractivity contribution in [2.75, 3.05) is 39.4 Å². The van der Waals surface area contributed by atoms with Gasteiger partial charge in [-0.05, 0) is 153 Å². The number of aliphatic hydroxyl groups excluding tert-OH is 2. The number of ether oxygens (including phenoxy) is 2. The molecule has 8 aliphatic rings. The van der Waals surface area contributed by atoms with Crippen LogP contribution in [0, 0.1) is 84.7 Å². The number of aliphatic hydroxyl groups is 2. The van der Waals surface area contributed by atoms with Gasteiger partial charge in [-0.25, -0.2) is 0 Å². The number of hydrogen-bond donors (Lipinski definition) is 2. The number of rotatable bonds is 10. The molecule has 2 N–H and O–H groups in total. The highest BCUT2D eigenvalue weighted by molar-refractivity contribution is 5.86. The zero-order chi connectivity index (χ0) is 46.8. The number of fused-ring (bicyclic) bond motifs is 7. The molecular formula is C55H82N2O8. The Balaban J connectivity index is 0.892. The minimum absolute atomic E-state index is 0.109.